The van der Waals surface area contributed by atoms with Gasteiger partial charge in [-0.15, -0.1) is 0 Å². The van der Waals surface area contributed by atoms with E-state index >= 15 is 0 Å². The van der Waals surface area contributed by atoms with E-state index in [0.29, 0.717) is 10.6 Å². The first-order valence-corrected chi connectivity index (χ1v) is 11.2. The second-order valence-corrected chi connectivity index (χ2v) is 8.43. The zero-order valence-electron chi connectivity index (χ0n) is 18.1. The highest BCUT2D eigenvalue weighted by molar-refractivity contribution is 6.30. The molecule has 1 fully saturated rings. The number of methoxy groups -OCH3 is 1. The minimum atomic E-state index is -0.304. The molecule has 1 unspecified atom stereocenters. The van der Waals surface area contributed by atoms with E-state index in [1.807, 2.05) is 60.7 Å². The molecule has 0 aliphatic carbocycles. The Morgan fingerprint density at radius 3 is 2.56 bits per heavy atom. The number of hydrogen-bond acceptors (Lipinski definition) is 5. The van der Waals surface area contributed by atoms with Crippen LogP contribution in [0.2, 0.25) is 5.02 Å². The van der Waals surface area contributed by atoms with Crippen LogP contribution in [0.15, 0.2) is 72.9 Å². The molecule has 166 valence electrons. The lowest BCUT2D eigenvalue weighted by molar-refractivity contribution is -0.0296. The van der Waals surface area contributed by atoms with Crippen molar-refractivity contribution in [2.75, 3.05) is 20.2 Å². The largest absolute Gasteiger partial charge is 0.465 e. The maximum absolute atomic E-state index is 11.8. The smallest absolute Gasteiger partial charge is 0.337 e. The first-order valence-electron chi connectivity index (χ1n) is 10.8. The van der Waals surface area contributed by atoms with Crippen LogP contribution in [0.4, 0.5) is 0 Å². The lowest BCUT2D eigenvalue weighted by Gasteiger charge is -2.34. The van der Waals surface area contributed by atoms with Crippen molar-refractivity contribution in [3.63, 3.8) is 0 Å². The molecule has 0 saturated carbocycles. The zero-order valence-corrected chi connectivity index (χ0v) is 18.9. The number of hydrogen-bond donors (Lipinski definition) is 0. The van der Waals surface area contributed by atoms with E-state index in [2.05, 4.69) is 9.88 Å². The third-order valence-corrected chi connectivity index (χ3v) is 6.00. The van der Waals surface area contributed by atoms with Crippen LogP contribution < -0.4 is 0 Å². The fourth-order valence-electron chi connectivity index (χ4n) is 4.06. The van der Waals surface area contributed by atoms with Gasteiger partial charge in [0, 0.05) is 30.9 Å². The van der Waals surface area contributed by atoms with Gasteiger partial charge in [-0.1, -0.05) is 41.9 Å². The lowest BCUT2D eigenvalue weighted by Crippen LogP contribution is -2.37. The van der Waals surface area contributed by atoms with E-state index in [1.54, 1.807) is 12.3 Å². The van der Waals surface area contributed by atoms with E-state index in [-0.39, 0.29) is 18.2 Å². The summed E-state index contributed by atoms with van der Waals surface area (Å²) in [7, 11) is 1.40. The molecule has 0 amide bonds. The molecule has 1 atom stereocenters. The van der Waals surface area contributed by atoms with Crippen molar-refractivity contribution in [3.8, 4) is 0 Å². The molecule has 0 spiro atoms. The molecule has 3 aromatic rings. The van der Waals surface area contributed by atoms with E-state index in [4.69, 9.17) is 21.1 Å². The van der Waals surface area contributed by atoms with Crippen LogP contribution in [0.25, 0.3) is 0 Å². The first-order chi connectivity index (χ1) is 15.6. The molecular formula is C26H27ClN2O3. The van der Waals surface area contributed by atoms with Crippen molar-refractivity contribution in [1.82, 2.24) is 9.88 Å². The molecule has 1 aromatic heterocycles. The van der Waals surface area contributed by atoms with E-state index < -0.39 is 0 Å². The summed E-state index contributed by atoms with van der Waals surface area (Å²) < 4.78 is 11.4. The summed E-state index contributed by atoms with van der Waals surface area (Å²) in [4.78, 5) is 18.7. The molecule has 2 heterocycles. The molecule has 32 heavy (non-hydrogen) atoms. The molecule has 4 rings (SSSR count). The number of piperidine rings is 1. The Labute approximate surface area is 193 Å². The number of halogens is 1. The second-order valence-electron chi connectivity index (χ2n) is 7.99. The summed E-state index contributed by atoms with van der Waals surface area (Å²) in [5, 5.41) is 0.707. The molecule has 1 aliphatic rings. The minimum Gasteiger partial charge on any atom is -0.465 e. The maximum Gasteiger partial charge on any atom is 0.337 e. The SMILES string of the molecule is COC(=O)c1cccc(CN2CCC(OC(c3ccc(Cl)cc3)c3ccccn3)CC2)c1. The van der Waals surface area contributed by atoms with Crippen LogP contribution in [-0.4, -0.2) is 42.2 Å². The first kappa shape index (κ1) is 22.5. The summed E-state index contributed by atoms with van der Waals surface area (Å²) >= 11 is 6.08. The number of esters is 1. The number of nitrogens with zero attached hydrogens (tertiary/aromatic N) is 2. The Balaban J connectivity index is 1.38. The van der Waals surface area contributed by atoms with Crippen molar-refractivity contribution >= 4 is 17.6 Å². The molecule has 0 bridgehead atoms. The standard InChI is InChI=1S/C26H27ClN2O3/c1-31-26(30)21-6-4-5-19(17-21)18-29-15-12-23(13-16-29)32-25(24-7-2-3-14-28-24)20-8-10-22(27)11-9-20/h2-11,14,17,23,25H,12-13,15-16,18H2,1H3. The van der Waals surface area contributed by atoms with Crippen molar-refractivity contribution in [3.05, 3.63) is 100 Å². The highest BCUT2D eigenvalue weighted by Crippen LogP contribution is 2.30. The summed E-state index contributed by atoms with van der Waals surface area (Å²) in [5.41, 5.74) is 3.65. The zero-order chi connectivity index (χ0) is 22.3. The van der Waals surface area contributed by atoms with Crippen LogP contribution in [0.1, 0.15) is 46.1 Å². The van der Waals surface area contributed by atoms with Gasteiger partial charge in [-0.3, -0.25) is 9.88 Å². The third kappa shape index (κ3) is 5.74. The second kappa shape index (κ2) is 10.7. The number of ether oxygens (including phenoxy) is 2. The van der Waals surface area contributed by atoms with Gasteiger partial charge in [0.1, 0.15) is 6.10 Å². The predicted octanol–water partition coefficient (Wildman–Crippen LogP) is 5.29. The van der Waals surface area contributed by atoms with Gasteiger partial charge < -0.3 is 9.47 Å². The number of aromatic nitrogens is 1. The molecule has 0 radical (unpaired) electrons. The monoisotopic (exact) mass is 450 g/mol. The van der Waals surface area contributed by atoms with Gasteiger partial charge in [0.15, 0.2) is 0 Å². The topological polar surface area (TPSA) is 51.7 Å². The molecule has 2 aromatic carbocycles. The summed E-state index contributed by atoms with van der Waals surface area (Å²) in [5.74, 6) is -0.304. The van der Waals surface area contributed by atoms with Gasteiger partial charge >= 0.3 is 5.97 Å². The summed E-state index contributed by atoms with van der Waals surface area (Å²) in [6, 6.07) is 21.3. The average molecular weight is 451 g/mol. The van der Waals surface area contributed by atoms with Gasteiger partial charge in [0.2, 0.25) is 0 Å². The summed E-state index contributed by atoms with van der Waals surface area (Å²) in [6.07, 6.45) is 3.60. The minimum absolute atomic E-state index is 0.148. The fraction of sp³-hybridized carbons (Fsp3) is 0.308. The van der Waals surface area contributed by atoms with Crippen LogP contribution in [0, 0.1) is 0 Å². The third-order valence-electron chi connectivity index (χ3n) is 5.75. The van der Waals surface area contributed by atoms with Crippen molar-refractivity contribution in [1.29, 1.82) is 0 Å². The Hall–Kier alpha value is -2.73. The number of rotatable bonds is 7. The number of carbonyl (C=O) groups excluding carboxylic acids is 1. The number of benzene rings is 2. The lowest BCUT2D eigenvalue weighted by atomic mass is 10.0. The Kier molecular flexibility index (Phi) is 7.53. The average Bonchev–Trinajstić information content (AvgIpc) is 2.84. The van der Waals surface area contributed by atoms with Crippen molar-refractivity contribution in [2.45, 2.75) is 31.6 Å². The number of carbonyl (C=O) groups is 1. The van der Waals surface area contributed by atoms with Crippen LogP contribution in [0.5, 0.6) is 0 Å². The van der Waals surface area contributed by atoms with Gasteiger partial charge in [-0.2, -0.15) is 0 Å². The van der Waals surface area contributed by atoms with Crippen LogP contribution in [0.3, 0.4) is 0 Å². The van der Waals surface area contributed by atoms with Gasteiger partial charge in [-0.05, 0) is 60.4 Å². The van der Waals surface area contributed by atoms with Crippen LogP contribution in [-0.2, 0) is 16.0 Å². The van der Waals surface area contributed by atoms with Gasteiger partial charge in [0.05, 0.1) is 24.5 Å². The Morgan fingerprint density at radius 1 is 1.09 bits per heavy atom. The predicted molar refractivity (Wildman–Crippen MR) is 125 cm³/mol. The Morgan fingerprint density at radius 2 is 1.88 bits per heavy atom. The quantitative estimate of drug-likeness (QED) is 0.457. The van der Waals surface area contributed by atoms with E-state index in [1.165, 1.54) is 7.11 Å². The normalized spacial score (nSPS) is 15.9. The molecule has 6 heteroatoms. The Bertz CT molecular complexity index is 1020. The van der Waals surface area contributed by atoms with Crippen molar-refractivity contribution in [2.24, 2.45) is 0 Å². The summed E-state index contributed by atoms with van der Waals surface area (Å²) in [6.45, 7) is 2.67. The number of pyridine rings is 1. The van der Waals surface area contributed by atoms with Crippen LogP contribution >= 0.6 is 11.6 Å². The molecular weight excluding hydrogens is 424 g/mol. The van der Waals surface area contributed by atoms with Crippen molar-refractivity contribution < 1.29 is 14.3 Å². The van der Waals surface area contributed by atoms with Gasteiger partial charge in [-0.25, -0.2) is 4.79 Å². The van der Waals surface area contributed by atoms with E-state index in [9.17, 15) is 4.79 Å². The number of likely N-dealkylation sites (tertiary alicyclic amines) is 1. The highest BCUT2D eigenvalue weighted by Gasteiger charge is 2.25. The van der Waals surface area contributed by atoms with E-state index in [0.717, 1.165) is 49.3 Å². The highest BCUT2D eigenvalue weighted by atomic mass is 35.5. The molecule has 0 N–H and O–H groups in total. The fourth-order valence-corrected chi connectivity index (χ4v) is 4.18. The molecule has 1 aliphatic heterocycles. The maximum atomic E-state index is 11.8. The van der Waals surface area contributed by atoms with Gasteiger partial charge in [0.25, 0.3) is 0 Å². The molecule has 5 nitrogen and oxygen atoms in total. The molecule has 1 saturated heterocycles.